The second-order valence-corrected chi connectivity index (χ2v) is 8.51. The number of carbonyl (C=O) groups excluding carboxylic acids is 1. The van der Waals surface area contributed by atoms with E-state index in [0.717, 1.165) is 27.6 Å². The number of hydrogen-bond acceptors (Lipinski definition) is 4. The van der Waals surface area contributed by atoms with E-state index >= 15 is 0 Å². The third-order valence-electron chi connectivity index (χ3n) is 4.70. The summed E-state index contributed by atoms with van der Waals surface area (Å²) in [6, 6.07) is 20.6. The van der Waals surface area contributed by atoms with Crippen molar-refractivity contribution in [3.63, 3.8) is 0 Å². The third-order valence-corrected chi connectivity index (χ3v) is 5.98. The van der Waals surface area contributed by atoms with Gasteiger partial charge >= 0.3 is 0 Å². The summed E-state index contributed by atoms with van der Waals surface area (Å²) < 4.78 is 5.59. The Kier molecular flexibility index (Phi) is 5.44. The maximum Gasteiger partial charge on any atom is 0.228 e. The van der Waals surface area contributed by atoms with Gasteiger partial charge in [-0.3, -0.25) is 4.79 Å². The van der Waals surface area contributed by atoms with Crippen LogP contribution in [-0.2, 0) is 11.3 Å². The Hall–Kier alpha value is -2.66. The highest BCUT2D eigenvalue weighted by Crippen LogP contribution is 2.45. The maximum atomic E-state index is 13.2. The smallest absolute Gasteiger partial charge is 0.228 e. The number of amides is 1. The molecule has 1 aliphatic rings. The molecule has 1 N–H and O–H groups in total. The van der Waals surface area contributed by atoms with Crippen LogP contribution in [0.25, 0.3) is 0 Å². The molecule has 0 saturated heterocycles. The van der Waals surface area contributed by atoms with Gasteiger partial charge in [-0.15, -0.1) is 11.8 Å². The number of carbonyl (C=O) groups is 1. The van der Waals surface area contributed by atoms with E-state index < -0.39 is 0 Å². The summed E-state index contributed by atoms with van der Waals surface area (Å²) in [6.45, 7) is 4.80. The first-order valence-corrected chi connectivity index (χ1v) is 10.4. The summed E-state index contributed by atoms with van der Waals surface area (Å²) in [5.74, 6) is 0.961. The van der Waals surface area contributed by atoms with Crippen LogP contribution in [0.4, 0.5) is 11.4 Å². The van der Waals surface area contributed by atoms with Gasteiger partial charge in [-0.1, -0.05) is 24.3 Å². The first-order valence-electron chi connectivity index (χ1n) is 9.55. The van der Waals surface area contributed by atoms with Gasteiger partial charge < -0.3 is 14.6 Å². The average molecular weight is 393 g/mol. The molecule has 0 spiro atoms. The normalized spacial score (nSPS) is 16.8. The van der Waals surface area contributed by atoms with E-state index in [1.54, 1.807) is 18.0 Å². The van der Waals surface area contributed by atoms with Gasteiger partial charge in [-0.05, 0) is 55.8 Å². The van der Waals surface area contributed by atoms with Crippen LogP contribution in [0.3, 0.4) is 0 Å². The Balaban J connectivity index is 1.60. The lowest BCUT2D eigenvalue weighted by molar-refractivity contribution is -0.118. The molecule has 0 bridgehead atoms. The highest BCUT2D eigenvalue weighted by atomic mass is 32.2. The largest absolute Gasteiger partial charge is 0.468 e. The number of nitrogens with one attached hydrogen (secondary N) is 1. The van der Waals surface area contributed by atoms with Gasteiger partial charge in [0.2, 0.25) is 5.91 Å². The van der Waals surface area contributed by atoms with E-state index in [4.69, 9.17) is 4.42 Å². The molecule has 3 aromatic rings. The number of furan rings is 1. The van der Waals surface area contributed by atoms with E-state index in [0.29, 0.717) is 19.0 Å². The lowest BCUT2D eigenvalue weighted by atomic mass is 10.1. The number of rotatable bonds is 5. The molecule has 2 aromatic carbocycles. The fraction of sp³-hybridized carbons (Fsp3) is 0.261. The molecule has 0 aliphatic carbocycles. The molecule has 2 heterocycles. The number of hydrogen-bond donors (Lipinski definition) is 1. The van der Waals surface area contributed by atoms with Crippen molar-refractivity contribution in [2.45, 2.75) is 43.0 Å². The molecule has 1 unspecified atom stereocenters. The van der Waals surface area contributed by atoms with Gasteiger partial charge in [0.05, 0.1) is 23.7 Å². The minimum atomic E-state index is -0.00809. The predicted octanol–water partition coefficient (Wildman–Crippen LogP) is 5.87. The number of anilines is 2. The van der Waals surface area contributed by atoms with Gasteiger partial charge in [0.1, 0.15) is 5.76 Å². The molecule has 1 atom stereocenters. The van der Waals surface area contributed by atoms with Crippen molar-refractivity contribution >= 4 is 29.0 Å². The molecule has 0 fully saturated rings. The van der Waals surface area contributed by atoms with E-state index in [-0.39, 0.29) is 11.2 Å². The van der Waals surface area contributed by atoms with Gasteiger partial charge in [0.25, 0.3) is 0 Å². The molecular weight excluding hydrogens is 368 g/mol. The van der Waals surface area contributed by atoms with Crippen LogP contribution in [0.15, 0.2) is 76.2 Å². The van der Waals surface area contributed by atoms with Crippen molar-refractivity contribution in [2.24, 2.45) is 0 Å². The zero-order valence-electron chi connectivity index (χ0n) is 16.1. The maximum absolute atomic E-state index is 13.2. The zero-order valence-corrected chi connectivity index (χ0v) is 16.9. The molecule has 1 aromatic heterocycles. The summed E-state index contributed by atoms with van der Waals surface area (Å²) in [7, 11) is 0. The number of para-hydroxylation sites is 1. The minimum absolute atomic E-state index is 0.00809. The second kappa shape index (κ2) is 8.15. The average Bonchev–Trinajstić information content (AvgIpc) is 3.17. The summed E-state index contributed by atoms with van der Waals surface area (Å²) >= 11 is 1.70. The standard InChI is InChI=1S/C23H24N2O2S/c1-16(2)24-18-11-9-17(10-12-18)15-25-19-6-3-4-8-21(19)28-22(14-23(25)26)20-7-5-13-27-20/h3-13,16,22,24H,14-15H2,1-2H3. The van der Waals surface area contributed by atoms with E-state index in [9.17, 15) is 4.79 Å². The summed E-state index contributed by atoms with van der Waals surface area (Å²) in [4.78, 5) is 16.2. The molecule has 144 valence electrons. The minimum Gasteiger partial charge on any atom is -0.468 e. The van der Waals surface area contributed by atoms with Crippen LogP contribution < -0.4 is 10.2 Å². The highest BCUT2D eigenvalue weighted by Gasteiger charge is 2.30. The van der Waals surface area contributed by atoms with Crippen molar-refractivity contribution in [1.82, 2.24) is 0 Å². The van der Waals surface area contributed by atoms with Crippen molar-refractivity contribution in [1.29, 1.82) is 0 Å². The SMILES string of the molecule is CC(C)Nc1ccc(CN2C(=O)CC(c3ccco3)Sc3ccccc32)cc1. The number of thioether (sulfide) groups is 1. The molecule has 4 nitrogen and oxygen atoms in total. The van der Waals surface area contributed by atoms with Crippen LogP contribution in [0.5, 0.6) is 0 Å². The Labute approximate surface area is 169 Å². The van der Waals surface area contributed by atoms with Crippen molar-refractivity contribution in [3.05, 3.63) is 78.3 Å². The second-order valence-electron chi connectivity index (χ2n) is 7.27. The van der Waals surface area contributed by atoms with Gasteiger partial charge in [0.15, 0.2) is 0 Å². The van der Waals surface area contributed by atoms with Crippen LogP contribution in [0, 0.1) is 0 Å². The molecule has 1 aliphatic heterocycles. The lowest BCUT2D eigenvalue weighted by Gasteiger charge is -2.23. The molecular formula is C23H24N2O2S. The molecule has 28 heavy (non-hydrogen) atoms. The van der Waals surface area contributed by atoms with Crippen molar-refractivity contribution < 1.29 is 9.21 Å². The van der Waals surface area contributed by atoms with Crippen molar-refractivity contribution in [2.75, 3.05) is 10.2 Å². The van der Waals surface area contributed by atoms with Crippen LogP contribution in [0.2, 0.25) is 0 Å². The van der Waals surface area contributed by atoms with E-state index in [1.165, 1.54) is 0 Å². The topological polar surface area (TPSA) is 45.5 Å². The lowest BCUT2D eigenvalue weighted by Crippen LogP contribution is -2.30. The fourth-order valence-corrected chi connectivity index (χ4v) is 4.65. The predicted molar refractivity (Wildman–Crippen MR) is 115 cm³/mol. The van der Waals surface area contributed by atoms with Crippen molar-refractivity contribution in [3.8, 4) is 0 Å². The summed E-state index contributed by atoms with van der Waals surface area (Å²) in [6.07, 6.45) is 2.08. The van der Waals surface area contributed by atoms with Crippen LogP contribution >= 0.6 is 11.8 Å². The number of fused-ring (bicyclic) bond motifs is 1. The number of nitrogens with zero attached hydrogens (tertiary/aromatic N) is 1. The molecule has 4 rings (SSSR count). The van der Waals surface area contributed by atoms with Crippen LogP contribution in [0.1, 0.15) is 36.8 Å². The molecule has 0 saturated carbocycles. The van der Waals surface area contributed by atoms with Gasteiger partial charge in [0, 0.05) is 23.0 Å². The Bertz CT molecular complexity index is 936. The molecule has 0 radical (unpaired) electrons. The summed E-state index contributed by atoms with van der Waals surface area (Å²) in [5, 5.41) is 3.39. The fourth-order valence-electron chi connectivity index (χ4n) is 3.41. The zero-order chi connectivity index (χ0) is 19.5. The van der Waals surface area contributed by atoms with E-state index in [1.807, 2.05) is 35.2 Å². The van der Waals surface area contributed by atoms with Crippen LogP contribution in [-0.4, -0.2) is 11.9 Å². The third kappa shape index (κ3) is 4.09. The highest BCUT2D eigenvalue weighted by molar-refractivity contribution is 7.99. The van der Waals surface area contributed by atoms with Gasteiger partial charge in [-0.2, -0.15) is 0 Å². The number of benzene rings is 2. The van der Waals surface area contributed by atoms with E-state index in [2.05, 4.69) is 49.5 Å². The first-order chi connectivity index (χ1) is 13.6. The molecule has 1 amide bonds. The van der Waals surface area contributed by atoms with Gasteiger partial charge in [-0.25, -0.2) is 0 Å². The summed E-state index contributed by atoms with van der Waals surface area (Å²) in [5.41, 5.74) is 3.17. The monoisotopic (exact) mass is 392 g/mol. The Morgan fingerprint density at radius 2 is 1.89 bits per heavy atom. The molecule has 5 heteroatoms. The Morgan fingerprint density at radius 1 is 1.11 bits per heavy atom. The quantitative estimate of drug-likeness (QED) is 0.590. The first kappa shape index (κ1) is 18.7. The Morgan fingerprint density at radius 3 is 2.61 bits per heavy atom.